The van der Waals surface area contributed by atoms with Gasteiger partial charge in [-0.05, 0) is 19.3 Å². The minimum atomic E-state index is 0.0497. The van der Waals surface area contributed by atoms with Gasteiger partial charge in [-0.3, -0.25) is 0 Å². The number of nitrogens with zero attached hydrogens (tertiary/aromatic N) is 2. The zero-order valence-electron chi connectivity index (χ0n) is 8.53. The summed E-state index contributed by atoms with van der Waals surface area (Å²) in [6.45, 7) is 2.11. The number of hydrogen-bond acceptors (Lipinski definition) is 3. The van der Waals surface area contributed by atoms with Gasteiger partial charge in [0, 0.05) is 23.4 Å². The predicted octanol–water partition coefficient (Wildman–Crippen LogP) is 1.80. The summed E-state index contributed by atoms with van der Waals surface area (Å²) in [7, 11) is 0. The molecule has 76 valence electrons. The van der Waals surface area contributed by atoms with Crippen molar-refractivity contribution in [3.8, 4) is 0 Å². The van der Waals surface area contributed by atoms with E-state index in [9.17, 15) is 0 Å². The Morgan fingerprint density at radius 1 is 1.50 bits per heavy atom. The van der Waals surface area contributed by atoms with Gasteiger partial charge in [0.15, 0.2) is 0 Å². The largest absolute Gasteiger partial charge is 0.392 e. The number of aliphatic hydroxyl groups excluding tert-OH is 1. The first-order chi connectivity index (χ1) is 6.85. The van der Waals surface area contributed by atoms with Crippen LogP contribution in [0.4, 0.5) is 0 Å². The first-order valence-corrected chi connectivity index (χ1v) is 5.30. The van der Waals surface area contributed by atoms with Gasteiger partial charge in [0.05, 0.1) is 6.61 Å². The third-order valence-corrected chi connectivity index (χ3v) is 2.95. The standard InChI is InChI=1S/C11H16N2O/c1-2-10-9(7-14)6-12-11(13-10)8-4-3-5-8/h6,8,14H,2-5,7H2,1H3. The molecule has 1 heterocycles. The monoisotopic (exact) mass is 192 g/mol. The van der Waals surface area contributed by atoms with E-state index < -0.39 is 0 Å². The quantitative estimate of drug-likeness (QED) is 0.794. The molecule has 0 spiro atoms. The summed E-state index contributed by atoms with van der Waals surface area (Å²) >= 11 is 0. The van der Waals surface area contributed by atoms with Crippen LogP contribution in [0.5, 0.6) is 0 Å². The lowest BCUT2D eigenvalue weighted by Crippen LogP contribution is -2.14. The number of hydrogen-bond donors (Lipinski definition) is 1. The molecule has 1 saturated carbocycles. The van der Waals surface area contributed by atoms with Crippen LogP contribution in [-0.4, -0.2) is 15.1 Å². The van der Waals surface area contributed by atoms with Gasteiger partial charge < -0.3 is 5.11 Å². The lowest BCUT2D eigenvalue weighted by atomic mass is 9.85. The maximum atomic E-state index is 9.07. The van der Waals surface area contributed by atoms with Gasteiger partial charge in [-0.1, -0.05) is 13.3 Å². The highest BCUT2D eigenvalue weighted by Gasteiger charge is 2.22. The van der Waals surface area contributed by atoms with Gasteiger partial charge in [0.25, 0.3) is 0 Å². The molecule has 0 unspecified atom stereocenters. The fourth-order valence-electron chi connectivity index (χ4n) is 1.76. The molecule has 1 aromatic heterocycles. The van der Waals surface area contributed by atoms with E-state index in [4.69, 9.17) is 5.11 Å². The van der Waals surface area contributed by atoms with Crippen molar-refractivity contribution in [3.05, 3.63) is 23.3 Å². The van der Waals surface area contributed by atoms with E-state index in [2.05, 4.69) is 16.9 Å². The summed E-state index contributed by atoms with van der Waals surface area (Å²) in [5, 5.41) is 9.07. The lowest BCUT2D eigenvalue weighted by molar-refractivity contribution is 0.279. The second-order valence-corrected chi connectivity index (χ2v) is 3.84. The topological polar surface area (TPSA) is 46.0 Å². The van der Waals surface area contributed by atoms with E-state index in [1.807, 2.05) is 0 Å². The van der Waals surface area contributed by atoms with Crippen molar-refractivity contribution < 1.29 is 5.11 Å². The van der Waals surface area contributed by atoms with Crippen LogP contribution in [0.15, 0.2) is 6.20 Å². The van der Waals surface area contributed by atoms with Crippen LogP contribution in [-0.2, 0) is 13.0 Å². The van der Waals surface area contributed by atoms with E-state index >= 15 is 0 Å². The molecule has 0 aliphatic heterocycles. The van der Waals surface area contributed by atoms with E-state index in [-0.39, 0.29) is 6.61 Å². The molecule has 0 bridgehead atoms. The van der Waals surface area contributed by atoms with Gasteiger partial charge in [-0.15, -0.1) is 0 Å². The Labute approximate surface area is 84.2 Å². The number of aromatic nitrogens is 2. The summed E-state index contributed by atoms with van der Waals surface area (Å²) in [6, 6.07) is 0. The third kappa shape index (κ3) is 1.64. The average molecular weight is 192 g/mol. The van der Waals surface area contributed by atoms with Gasteiger partial charge in [-0.25, -0.2) is 9.97 Å². The molecule has 0 atom stereocenters. The Morgan fingerprint density at radius 2 is 2.29 bits per heavy atom. The van der Waals surface area contributed by atoms with Crippen LogP contribution in [0.1, 0.15) is 49.2 Å². The summed E-state index contributed by atoms with van der Waals surface area (Å²) in [6.07, 6.45) is 6.40. The Morgan fingerprint density at radius 3 is 2.79 bits per heavy atom. The Balaban J connectivity index is 2.26. The summed E-state index contributed by atoms with van der Waals surface area (Å²) < 4.78 is 0. The second kappa shape index (κ2) is 4.05. The fourth-order valence-corrected chi connectivity index (χ4v) is 1.76. The summed E-state index contributed by atoms with van der Waals surface area (Å²) in [5.74, 6) is 1.55. The SMILES string of the molecule is CCc1nc(C2CCC2)ncc1CO. The molecule has 1 aliphatic carbocycles. The Kier molecular flexibility index (Phi) is 2.77. The number of aliphatic hydroxyl groups is 1. The summed E-state index contributed by atoms with van der Waals surface area (Å²) in [5.41, 5.74) is 1.87. The van der Waals surface area contributed by atoms with Crippen molar-refractivity contribution in [1.29, 1.82) is 0 Å². The van der Waals surface area contributed by atoms with Crippen molar-refractivity contribution in [2.45, 2.75) is 45.1 Å². The number of aryl methyl sites for hydroxylation is 1. The zero-order valence-corrected chi connectivity index (χ0v) is 8.53. The van der Waals surface area contributed by atoms with Crippen molar-refractivity contribution in [3.63, 3.8) is 0 Å². The van der Waals surface area contributed by atoms with Crippen LogP contribution in [0.2, 0.25) is 0 Å². The summed E-state index contributed by atoms with van der Waals surface area (Å²) in [4.78, 5) is 8.82. The minimum Gasteiger partial charge on any atom is -0.392 e. The molecule has 3 heteroatoms. The zero-order chi connectivity index (χ0) is 9.97. The van der Waals surface area contributed by atoms with Gasteiger partial charge in [-0.2, -0.15) is 0 Å². The van der Waals surface area contributed by atoms with E-state index in [0.717, 1.165) is 23.5 Å². The van der Waals surface area contributed by atoms with Crippen molar-refractivity contribution in [2.75, 3.05) is 0 Å². The molecular weight excluding hydrogens is 176 g/mol. The Bertz CT molecular complexity index is 321. The molecule has 1 aliphatic rings. The molecule has 14 heavy (non-hydrogen) atoms. The highest BCUT2D eigenvalue weighted by molar-refractivity contribution is 5.18. The first-order valence-electron chi connectivity index (χ1n) is 5.30. The van der Waals surface area contributed by atoms with Crippen LogP contribution >= 0.6 is 0 Å². The number of rotatable bonds is 3. The molecule has 3 nitrogen and oxygen atoms in total. The second-order valence-electron chi connectivity index (χ2n) is 3.84. The molecule has 1 fully saturated rings. The van der Waals surface area contributed by atoms with Crippen LogP contribution in [0, 0.1) is 0 Å². The van der Waals surface area contributed by atoms with Crippen LogP contribution < -0.4 is 0 Å². The lowest BCUT2D eigenvalue weighted by Gasteiger charge is -2.24. The molecule has 0 radical (unpaired) electrons. The Hall–Kier alpha value is -0.960. The molecule has 1 N–H and O–H groups in total. The molecule has 0 amide bonds. The molecule has 1 aromatic rings. The van der Waals surface area contributed by atoms with Crippen molar-refractivity contribution >= 4 is 0 Å². The van der Waals surface area contributed by atoms with E-state index in [1.54, 1.807) is 6.20 Å². The highest BCUT2D eigenvalue weighted by atomic mass is 16.3. The molecule has 0 aromatic carbocycles. The van der Waals surface area contributed by atoms with Crippen LogP contribution in [0.3, 0.4) is 0 Å². The normalized spacial score (nSPS) is 16.7. The van der Waals surface area contributed by atoms with Crippen LogP contribution in [0.25, 0.3) is 0 Å². The van der Waals surface area contributed by atoms with E-state index in [1.165, 1.54) is 19.3 Å². The minimum absolute atomic E-state index is 0.0497. The molecule has 0 saturated heterocycles. The predicted molar refractivity (Wildman–Crippen MR) is 53.9 cm³/mol. The fraction of sp³-hybridized carbons (Fsp3) is 0.636. The van der Waals surface area contributed by atoms with Crippen molar-refractivity contribution in [1.82, 2.24) is 9.97 Å². The maximum Gasteiger partial charge on any atom is 0.131 e. The third-order valence-electron chi connectivity index (χ3n) is 2.95. The smallest absolute Gasteiger partial charge is 0.131 e. The first kappa shape index (κ1) is 9.59. The van der Waals surface area contributed by atoms with Gasteiger partial charge in [0.1, 0.15) is 5.82 Å². The van der Waals surface area contributed by atoms with E-state index in [0.29, 0.717) is 5.92 Å². The van der Waals surface area contributed by atoms with Crippen molar-refractivity contribution in [2.24, 2.45) is 0 Å². The molecular formula is C11H16N2O. The maximum absolute atomic E-state index is 9.07. The van der Waals surface area contributed by atoms with Gasteiger partial charge >= 0.3 is 0 Å². The molecule has 2 rings (SSSR count). The van der Waals surface area contributed by atoms with Gasteiger partial charge in [0.2, 0.25) is 0 Å². The highest BCUT2D eigenvalue weighted by Crippen LogP contribution is 2.34. The average Bonchev–Trinajstić information content (AvgIpc) is 2.15.